The SMILES string of the molecule is CCOc1cc(CCl)ccc1OCc1cccc(C)n1. The molecule has 0 amide bonds. The normalized spacial score (nSPS) is 10.3. The summed E-state index contributed by atoms with van der Waals surface area (Å²) in [6, 6.07) is 11.6. The molecule has 106 valence electrons. The minimum atomic E-state index is 0.419. The number of aryl methyl sites for hydroxylation is 1. The summed E-state index contributed by atoms with van der Waals surface area (Å²) in [4.78, 5) is 4.41. The Kier molecular flexibility index (Phi) is 5.24. The first kappa shape index (κ1) is 14.7. The van der Waals surface area contributed by atoms with E-state index in [1.807, 2.05) is 50.2 Å². The van der Waals surface area contributed by atoms with Crippen LogP contribution in [-0.4, -0.2) is 11.6 Å². The van der Waals surface area contributed by atoms with E-state index in [-0.39, 0.29) is 0 Å². The molecule has 1 heterocycles. The fraction of sp³-hybridized carbons (Fsp3) is 0.312. The summed E-state index contributed by atoms with van der Waals surface area (Å²) in [5, 5.41) is 0. The van der Waals surface area contributed by atoms with Crippen LogP contribution >= 0.6 is 11.6 Å². The van der Waals surface area contributed by atoms with Crippen LogP contribution in [-0.2, 0) is 12.5 Å². The zero-order chi connectivity index (χ0) is 14.4. The second kappa shape index (κ2) is 7.15. The van der Waals surface area contributed by atoms with E-state index in [9.17, 15) is 0 Å². The van der Waals surface area contributed by atoms with Crippen LogP contribution in [0.3, 0.4) is 0 Å². The molecule has 0 unspecified atom stereocenters. The van der Waals surface area contributed by atoms with Gasteiger partial charge in [-0.1, -0.05) is 12.1 Å². The number of hydrogen-bond donors (Lipinski definition) is 0. The molecule has 0 spiro atoms. The van der Waals surface area contributed by atoms with Gasteiger partial charge in [0.05, 0.1) is 12.3 Å². The Bertz CT molecular complexity index is 572. The minimum absolute atomic E-state index is 0.419. The Hall–Kier alpha value is -1.74. The van der Waals surface area contributed by atoms with Gasteiger partial charge in [0, 0.05) is 11.6 Å². The lowest BCUT2D eigenvalue weighted by Gasteiger charge is -2.12. The van der Waals surface area contributed by atoms with Gasteiger partial charge in [-0.2, -0.15) is 0 Å². The fourth-order valence-electron chi connectivity index (χ4n) is 1.85. The average Bonchev–Trinajstić information content (AvgIpc) is 2.46. The molecule has 0 N–H and O–H groups in total. The van der Waals surface area contributed by atoms with Crippen molar-refractivity contribution in [2.75, 3.05) is 6.61 Å². The Balaban J connectivity index is 2.12. The molecule has 0 saturated carbocycles. The van der Waals surface area contributed by atoms with Crippen LogP contribution < -0.4 is 9.47 Å². The molecular weight excluding hydrogens is 274 g/mol. The summed E-state index contributed by atoms with van der Waals surface area (Å²) in [6.45, 7) is 4.91. The van der Waals surface area contributed by atoms with E-state index in [0.29, 0.717) is 24.8 Å². The van der Waals surface area contributed by atoms with Crippen LogP contribution in [0.25, 0.3) is 0 Å². The second-order valence-corrected chi connectivity index (χ2v) is 4.67. The number of halogens is 1. The molecule has 0 saturated heterocycles. The number of alkyl halides is 1. The fourth-order valence-corrected chi connectivity index (χ4v) is 2.02. The molecule has 1 aromatic heterocycles. The number of pyridine rings is 1. The average molecular weight is 292 g/mol. The van der Waals surface area contributed by atoms with Gasteiger partial charge in [-0.15, -0.1) is 11.6 Å². The molecule has 0 fully saturated rings. The van der Waals surface area contributed by atoms with Crippen LogP contribution in [0.15, 0.2) is 36.4 Å². The molecule has 0 aliphatic heterocycles. The summed E-state index contributed by atoms with van der Waals surface area (Å²) in [5.74, 6) is 1.89. The molecule has 0 aliphatic rings. The zero-order valence-corrected chi connectivity index (χ0v) is 12.5. The maximum atomic E-state index is 5.84. The molecule has 0 aliphatic carbocycles. The molecule has 3 nitrogen and oxygen atoms in total. The highest BCUT2D eigenvalue weighted by atomic mass is 35.5. The van der Waals surface area contributed by atoms with E-state index >= 15 is 0 Å². The molecule has 0 atom stereocenters. The highest BCUT2D eigenvalue weighted by Gasteiger charge is 2.07. The number of aromatic nitrogens is 1. The Morgan fingerprint density at radius 1 is 1.10 bits per heavy atom. The molecule has 0 bridgehead atoms. The number of ether oxygens (including phenoxy) is 2. The van der Waals surface area contributed by atoms with E-state index in [1.54, 1.807) is 0 Å². The monoisotopic (exact) mass is 291 g/mol. The van der Waals surface area contributed by atoms with Gasteiger partial charge < -0.3 is 9.47 Å². The highest BCUT2D eigenvalue weighted by molar-refractivity contribution is 6.17. The first-order valence-electron chi connectivity index (χ1n) is 6.60. The molecule has 2 aromatic rings. The molecule has 4 heteroatoms. The van der Waals surface area contributed by atoms with Crippen molar-refractivity contribution < 1.29 is 9.47 Å². The first-order chi connectivity index (χ1) is 9.72. The van der Waals surface area contributed by atoms with Crippen molar-refractivity contribution >= 4 is 11.6 Å². The van der Waals surface area contributed by atoms with Crippen molar-refractivity contribution in [3.8, 4) is 11.5 Å². The number of hydrogen-bond acceptors (Lipinski definition) is 3. The van der Waals surface area contributed by atoms with Gasteiger partial charge in [0.15, 0.2) is 11.5 Å². The molecule has 1 aromatic carbocycles. The summed E-state index contributed by atoms with van der Waals surface area (Å²) >= 11 is 5.84. The van der Waals surface area contributed by atoms with E-state index in [1.165, 1.54) is 0 Å². The highest BCUT2D eigenvalue weighted by Crippen LogP contribution is 2.29. The van der Waals surface area contributed by atoms with Crippen molar-refractivity contribution in [1.82, 2.24) is 4.98 Å². The first-order valence-corrected chi connectivity index (χ1v) is 7.13. The largest absolute Gasteiger partial charge is 0.490 e. The lowest BCUT2D eigenvalue weighted by atomic mass is 10.2. The van der Waals surface area contributed by atoms with Crippen molar-refractivity contribution in [2.24, 2.45) is 0 Å². The smallest absolute Gasteiger partial charge is 0.161 e. The number of nitrogens with zero attached hydrogens (tertiary/aromatic N) is 1. The number of rotatable bonds is 6. The minimum Gasteiger partial charge on any atom is -0.490 e. The van der Waals surface area contributed by atoms with Crippen LogP contribution in [0.2, 0.25) is 0 Å². The van der Waals surface area contributed by atoms with Crippen molar-refractivity contribution in [3.05, 3.63) is 53.3 Å². The van der Waals surface area contributed by atoms with Crippen LogP contribution in [0.4, 0.5) is 0 Å². The Morgan fingerprint density at radius 3 is 2.65 bits per heavy atom. The number of benzene rings is 1. The Labute approximate surface area is 124 Å². The molecule has 0 radical (unpaired) electrons. The van der Waals surface area contributed by atoms with Gasteiger partial charge >= 0.3 is 0 Å². The van der Waals surface area contributed by atoms with Gasteiger partial charge in [-0.3, -0.25) is 4.98 Å². The van der Waals surface area contributed by atoms with E-state index in [0.717, 1.165) is 22.7 Å². The van der Waals surface area contributed by atoms with Crippen molar-refractivity contribution in [2.45, 2.75) is 26.3 Å². The van der Waals surface area contributed by atoms with Gasteiger partial charge in [-0.25, -0.2) is 0 Å². The van der Waals surface area contributed by atoms with E-state index < -0.39 is 0 Å². The molecule has 20 heavy (non-hydrogen) atoms. The maximum absolute atomic E-state index is 5.84. The summed E-state index contributed by atoms with van der Waals surface area (Å²) < 4.78 is 11.4. The van der Waals surface area contributed by atoms with Crippen LogP contribution in [0.5, 0.6) is 11.5 Å². The van der Waals surface area contributed by atoms with E-state index in [4.69, 9.17) is 21.1 Å². The van der Waals surface area contributed by atoms with Crippen molar-refractivity contribution in [3.63, 3.8) is 0 Å². The predicted molar refractivity (Wildman–Crippen MR) is 80.5 cm³/mol. The standard InChI is InChI=1S/C16H18ClNO2/c1-3-19-16-9-13(10-17)7-8-15(16)20-11-14-6-4-5-12(2)18-14/h4-9H,3,10-11H2,1-2H3. The molecule has 2 rings (SSSR count). The predicted octanol–water partition coefficient (Wildman–Crippen LogP) is 4.11. The van der Waals surface area contributed by atoms with Crippen LogP contribution in [0, 0.1) is 6.92 Å². The summed E-state index contributed by atoms with van der Waals surface area (Å²) in [7, 11) is 0. The maximum Gasteiger partial charge on any atom is 0.161 e. The topological polar surface area (TPSA) is 31.4 Å². The lowest BCUT2D eigenvalue weighted by molar-refractivity contribution is 0.266. The third-order valence-electron chi connectivity index (χ3n) is 2.78. The Morgan fingerprint density at radius 2 is 1.95 bits per heavy atom. The molecular formula is C16H18ClNO2. The second-order valence-electron chi connectivity index (χ2n) is 4.41. The third kappa shape index (κ3) is 3.87. The van der Waals surface area contributed by atoms with Gasteiger partial charge in [-0.05, 0) is 43.7 Å². The van der Waals surface area contributed by atoms with Crippen molar-refractivity contribution in [1.29, 1.82) is 0 Å². The van der Waals surface area contributed by atoms with Crippen LogP contribution in [0.1, 0.15) is 23.9 Å². The lowest BCUT2D eigenvalue weighted by Crippen LogP contribution is -2.02. The summed E-state index contributed by atoms with van der Waals surface area (Å²) in [6.07, 6.45) is 0. The summed E-state index contributed by atoms with van der Waals surface area (Å²) in [5.41, 5.74) is 2.89. The van der Waals surface area contributed by atoms with Gasteiger partial charge in [0.25, 0.3) is 0 Å². The third-order valence-corrected chi connectivity index (χ3v) is 3.09. The van der Waals surface area contributed by atoms with E-state index in [2.05, 4.69) is 4.98 Å². The van der Waals surface area contributed by atoms with Gasteiger partial charge in [0.2, 0.25) is 0 Å². The quantitative estimate of drug-likeness (QED) is 0.751. The zero-order valence-electron chi connectivity index (χ0n) is 11.7. The van der Waals surface area contributed by atoms with Gasteiger partial charge in [0.1, 0.15) is 6.61 Å².